The summed E-state index contributed by atoms with van der Waals surface area (Å²) < 4.78 is 6.42. The number of hydrogen-bond donors (Lipinski definition) is 1. The van der Waals surface area contributed by atoms with Gasteiger partial charge in [-0.05, 0) is 54.1 Å². The Morgan fingerprint density at radius 1 is 1.03 bits per heavy atom. The number of barbiturate groups is 1. The Bertz CT molecular complexity index is 1260. The van der Waals surface area contributed by atoms with Gasteiger partial charge in [0.05, 0.1) is 11.7 Å². The maximum Gasteiger partial charge on any atom is 0.335 e. The van der Waals surface area contributed by atoms with Crippen molar-refractivity contribution in [3.63, 3.8) is 0 Å². The SMILES string of the molecule is O=C1NC(=O)N(c2ccc(Br)cc2)C(=O)/C1=C/c1ccc(-c2cccc(C(=O)[O-])c2)o1. The molecule has 2 heterocycles. The summed E-state index contributed by atoms with van der Waals surface area (Å²) in [5.41, 5.74) is 0.479. The van der Waals surface area contributed by atoms with Crippen LogP contribution in [0.2, 0.25) is 0 Å². The van der Waals surface area contributed by atoms with Crippen LogP contribution in [0.5, 0.6) is 0 Å². The molecule has 8 nitrogen and oxygen atoms in total. The Kier molecular flexibility index (Phi) is 5.26. The van der Waals surface area contributed by atoms with E-state index in [1.165, 1.54) is 24.3 Å². The van der Waals surface area contributed by atoms with E-state index in [-0.39, 0.29) is 16.9 Å². The highest BCUT2D eigenvalue weighted by atomic mass is 79.9. The molecule has 0 atom stereocenters. The van der Waals surface area contributed by atoms with Gasteiger partial charge in [-0.15, -0.1) is 0 Å². The van der Waals surface area contributed by atoms with E-state index < -0.39 is 23.8 Å². The van der Waals surface area contributed by atoms with E-state index in [0.717, 1.165) is 9.37 Å². The van der Waals surface area contributed by atoms with Gasteiger partial charge < -0.3 is 14.3 Å². The van der Waals surface area contributed by atoms with Crippen molar-refractivity contribution in [2.75, 3.05) is 4.90 Å². The van der Waals surface area contributed by atoms with Crippen molar-refractivity contribution in [1.29, 1.82) is 0 Å². The van der Waals surface area contributed by atoms with E-state index in [0.29, 0.717) is 17.0 Å². The average Bonchev–Trinajstić information content (AvgIpc) is 3.21. The van der Waals surface area contributed by atoms with Crippen molar-refractivity contribution in [3.8, 4) is 11.3 Å². The van der Waals surface area contributed by atoms with Crippen LogP contribution < -0.4 is 15.3 Å². The van der Waals surface area contributed by atoms with Crippen LogP contribution in [0.25, 0.3) is 17.4 Å². The first kappa shape index (κ1) is 20.3. The second-order valence-corrected chi connectivity index (χ2v) is 7.42. The molecular formula is C22H12BrN2O6-. The van der Waals surface area contributed by atoms with Crippen LogP contribution in [0.1, 0.15) is 16.1 Å². The molecule has 0 bridgehead atoms. The van der Waals surface area contributed by atoms with Crippen molar-refractivity contribution in [2.24, 2.45) is 0 Å². The number of aromatic carboxylic acids is 1. The number of carbonyl (C=O) groups is 4. The Labute approximate surface area is 183 Å². The molecule has 1 N–H and O–H groups in total. The maximum absolute atomic E-state index is 12.9. The molecule has 0 radical (unpaired) electrons. The number of nitrogens with zero attached hydrogens (tertiary/aromatic N) is 1. The van der Waals surface area contributed by atoms with Gasteiger partial charge in [0.1, 0.15) is 17.1 Å². The molecule has 154 valence electrons. The van der Waals surface area contributed by atoms with Gasteiger partial charge in [0.2, 0.25) is 0 Å². The zero-order valence-electron chi connectivity index (χ0n) is 15.6. The Hall–Kier alpha value is -3.98. The molecule has 1 aliphatic rings. The number of imide groups is 2. The molecule has 0 aliphatic carbocycles. The first-order valence-corrected chi connectivity index (χ1v) is 9.71. The van der Waals surface area contributed by atoms with Crippen molar-refractivity contribution in [2.45, 2.75) is 0 Å². The average molecular weight is 480 g/mol. The molecule has 31 heavy (non-hydrogen) atoms. The van der Waals surface area contributed by atoms with Crippen LogP contribution in [0.3, 0.4) is 0 Å². The van der Waals surface area contributed by atoms with Gasteiger partial charge in [-0.1, -0.05) is 34.1 Å². The predicted octanol–water partition coefficient (Wildman–Crippen LogP) is 2.74. The van der Waals surface area contributed by atoms with E-state index in [1.54, 1.807) is 42.5 Å². The van der Waals surface area contributed by atoms with Gasteiger partial charge in [0.15, 0.2) is 0 Å². The van der Waals surface area contributed by atoms with Crippen LogP contribution >= 0.6 is 15.9 Å². The standard InChI is InChI=1S/C22H13BrN2O6/c23-14-4-6-15(7-5-14)25-20(27)17(19(26)24-22(25)30)11-16-8-9-18(31-16)12-2-1-3-13(10-12)21(28)29/h1-11H,(H,28,29)(H,24,26,30)/p-1/b17-11+. The number of hydrogen-bond acceptors (Lipinski definition) is 6. The fraction of sp³-hybridized carbons (Fsp3) is 0. The molecule has 1 fully saturated rings. The van der Waals surface area contributed by atoms with Gasteiger partial charge in [-0.3, -0.25) is 14.9 Å². The Morgan fingerprint density at radius 2 is 1.77 bits per heavy atom. The Morgan fingerprint density at radius 3 is 2.48 bits per heavy atom. The summed E-state index contributed by atoms with van der Waals surface area (Å²) in [6, 6.07) is 14.7. The van der Waals surface area contributed by atoms with Crippen LogP contribution in [-0.4, -0.2) is 23.8 Å². The summed E-state index contributed by atoms with van der Waals surface area (Å²) in [4.78, 5) is 49.3. The zero-order chi connectivity index (χ0) is 22.1. The van der Waals surface area contributed by atoms with Crippen molar-refractivity contribution < 1.29 is 28.7 Å². The molecule has 1 aliphatic heterocycles. The molecule has 0 saturated carbocycles. The lowest BCUT2D eigenvalue weighted by Crippen LogP contribution is -2.54. The number of furan rings is 1. The number of benzene rings is 2. The summed E-state index contributed by atoms with van der Waals surface area (Å²) in [5.74, 6) is -2.46. The number of halogens is 1. The molecule has 1 saturated heterocycles. The zero-order valence-corrected chi connectivity index (χ0v) is 17.2. The van der Waals surface area contributed by atoms with Crippen molar-refractivity contribution in [1.82, 2.24) is 5.32 Å². The molecule has 4 amide bonds. The third-order valence-corrected chi connectivity index (χ3v) is 5.01. The summed E-state index contributed by atoms with van der Waals surface area (Å²) in [6.45, 7) is 0. The number of amides is 4. The molecule has 0 unspecified atom stereocenters. The first-order chi connectivity index (χ1) is 14.8. The highest BCUT2D eigenvalue weighted by Crippen LogP contribution is 2.27. The van der Waals surface area contributed by atoms with E-state index >= 15 is 0 Å². The lowest BCUT2D eigenvalue weighted by molar-refractivity contribution is -0.255. The van der Waals surface area contributed by atoms with Gasteiger partial charge in [0.25, 0.3) is 11.8 Å². The maximum atomic E-state index is 12.9. The van der Waals surface area contributed by atoms with Crippen molar-refractivity contribution >= 4 is 51.5 Å². The highest BCUT2D eigenvalue weighted by Gasteiger charge is 2.37. The Balaban J connectivity index is 1.66. The number of anilines is 1. The van der Waals surface area contributed by atoms with Crippen molar-refractivity contribution in [3.05, 3.63) is 82.0 Å². The number of carbonyl (C=O) groups excluding carboxylic acids is 4. The predicted molar refractivity (Wildman–Crippen MR) is 112 cm³/mol. The third-order valence-electron chi connectivity index (χ3n) is 4.48. The molecule has 1 aromatic heterocycles. The smallest absolute Gasteiger partial charge is 0.335 e. The fourth-order valence-corrected chi connectivity index (χ4v) is 3.27. The number of carboxylic acid groups (broad SMARTS) is 1. The molecular weight excluding hydrogens is 468 g/mol. The van der Waals surface area contributed by atoms with E-state index in [9.17, 15) is 24.3 Å². The molecule has 0 spiro atoms. The van der Waals surface area contributed by atoms with Crippen LogP contribution in [-0.2, 0) is 9.59 Å². The van der Waals surface area contributed by atoms with E-state index in [1.807, 2.05) is 0 Å². The normalized spacial score (nSPS) is 15.3. The van der Waals surface area contributed by atoms with Crippen LogP contribution in [0.4, 0.5) is 10.5 Å². The van der Waals surface area contributed by atoms with Gasteiger partial charge in [0, 0.05) is 10.0 Å². The van der Waals surface area contributed by atoms with Crippen LogP contribution in [0, 0.1) is 0 Å². The number of urea groups is 1. The van der Waals surface area contributed by atoms with E-state index in [4.69, 9.17) is 4.42 Å². The number of carboxylic acids is 1. The molecule has 2 aromatic carbocycles. The highest BCUT2D eigenvalue weighted by molar-refractivity contribution is 9.10. The quantitative estimate of drug-likeness (QED) is 0.453. The monoisotopic (exact) mass is 479 g/mol. The number of nitrogens with one attached hydrogen (secondary N) is 1. The lowest BCUT2D eigenvalue weighted by atomic mass is 10.1. The molecule has 9 heteroatoms. The number of rotatable bonds is 4. The summed E-state index contributed by atoms with van der Waals surface area (Å²) >= 11 is 3.28. The van der Waals surface area contributed by atoms with Gasteiger partial charge in [-0.25, -0.2) is 9.69 Å². The minimum Gasteiger partial charge on any atom is -0.545 e. The summed E-state index contributed by atoms with van der Waals surface area (Å²) in [5, 5.41) is 13.2. The van der Waals surface area contributed by atoms with Gasteiger partial charge in [-0.2, -0.15) is 0 Å². The second-order valence-electron chi connectivity index (χ2n) is 6.50. The lowest BCUT2D eigenvalue weighted by Gasteiger charge is -2.26. The van der Waals surface area contributed by atoms with E-state index in [2.05, 4.69) is 21.2 Å². The minimum atomic E-state index is -1.32. The molecule has 4 rings (SSSR count). The largest absolute Gasteiger partial charge is 0.545 e. The van der Waals surface area contributed by atoms with Crippen LogP contribution in [0.15, 0.2) is 75.1 Å². The minimum absolute atomic E-state index is 0.0145. The topological polar surface area (TPSA) is 120 Å². The summed E-state index contributed by atoms with van der Waals surface area (Å²) in [7, 11) is 0. The summed E-state index contributed by atoms with van der Waals surface area (Å²) in [6.07, 6.45) is 1.22. The fourth-order valence-electron chi connectivity index (χ4n) is 3.01. The first-order valence-electron chi connectivity index (χ1n) is 8.92. The second kappa shape index (κ2) is 8.04. The van der Waals surface area contributed by atoms with Gasteiger partial charge >= 0.3 is 6.03 Å². The molecule has 3 aromatic rings. The third kappa shape index (κ3) is 4.03.